The standard InChI is InChI=1S/C22H25N3O4/c1-15-7-5-6-8-20(15)29-14-25-12-11-19(24-25)22(26)23-16(2)18-13-17(27-3)9-10-21(18)28-4/h5-13,16H,14H2,1-4H3,(H,23,26). The van der Waals surface area contributed by atoms with Crippen LogP contribution in [0.25, 0.3) is 0 Å². The second-order valence-electron chi connectivity index (χ2n) is 6.58. The van der Waals surface area contributed by atoms with E-state index in [0.29, 0.717) is 17.2 Å². The maximum absolute atomic E-state index is 12.6. The molecule has 152 valence electrons. The van der Waals surface area contributed by atoms with Gasteiger partial charge < -0.3 is 19.5 Å². The van der Waals surface area contributed by atoms with Crippen molar-refractivity contribution in [1.29, 1.82) is 0 Å². The molecule has 1 amide bonds. The third-order valence-electron chi connectivity index (χ3n) is 4.57. The van der Waals surface area contributed by atoms with Crippen LogP contribution in [0.1, 0.15) is 34.6 Å². The first-order valence-corrected chi connectivity index (χ1v) is 9.26. The van der Waals surface area contributed by atoms with E-state index < -0.39 is 0 Å². The molecule has 3 rings (SSSR count). The van der Waals surface area contributed by atoms with Gasteiger partial charge in [0, 0.05) is 11.8 Å². The van der Waals surface area contributed by atoms with Crippen LogP contribution in [-0.4, -0.2) is 29.9 Å². The zero-order valence-electron chi connectivity index (χ0n) is 17.0. The molecule has 0 aliphatic rings. The third kappa shape index (κ3) is 4.87. The van der Waals surface area contributed by atoms with E-state index in [1.165, 1.54) is 0 Å². The molecule has 1 unspecified atom stereocenters. The van der Waals surface area contributed by atoms with E-state index in [2.05, 4.69) is 10.4 Å². The summed E-state index contributed by atoms with van der Waals surface area (Å²) in [5, 5.41) is 7.25. The number of aromatic nitrogens is 2. The van der Waals surface area contributed by atoms with Crippen molar-refractivity contribution >= 4 is 5.91 Å². The average Bonchev–Trinajstić information content (AvgIpc) is 3.22. The van der Waals surface area contributed by atoms with Crippen molar-refractivity contribution in [2.24, 2.45) is 0 Å². The Morgan fingerprint density at radius 2 is 1.90 bits per heavy atom. The van der Waals surface area contributed by atoms with Gasteiger partial charge in [0.05, 0.1) is 20.3 Å². The fraction of sp³-hybridized carbons (Fsp3) is 0.273. The van der Waals surface area contributed by atoms with Gasteiger partial charge in [-0.1, -0.05) is 18.2 Å². The molecule has 29 heavy (non-hydrogen) atoms. The predicted molar refractivity (Wildman–Crippen MR) is 109 cm³/mol. The Morgan fingerprint density at radius 3 is 2.62 bits per heavy atom. The second-order valence-corrected chi connectivity index (χ2v) is 6.58. The molecule has 1 heterocycles. The number of rotatable bonds is 8. The van der Waals surface area contributed by atoms with E-state index in [1.807, 2.05) is 56.3 Å². The minimum absolute atomic E-state index is 0.220. The molecule has 3 aromatic rings. The van der Waals surface area contributed by atoms with Gasteiger partial charge in [0.15, 0.2) is 6.73 Å². The van der Waals surface area contributed by atoms with Gasteiger partial charge in [-0.2, -0.15) is 5.10 Å². The molecule has 1 atom stereocenters. The van der Waals surface area contributed by atoms with Crippen LogP contribution in [-0.2, 0) is 6.73 Å². The highest BCUT2D eigenvalue weighted by Crippen LogP contribution is 2.29. The molecule has 0 bridgehead atoms. The lowest BCUT2D eigenvalue weighted by Gasteiger charge is -2.17. The molecule has 1 N–H and O–H groups in total. The maximum Gasteiger partial charge on any atom is 0.272 e. The van der Waals surface area contributed by atoms with E-state index in [9.17, 15) is 4.79 Å². The number of benzene rings is 2. The minimum atomic E-state index is -0.291. The number of hydrogen-bond donors (Lipinski definition) is 1. The number of amides is 1. The summed E-state index contributed by atoms with van der Waals surface area (Å²) in [6.45, 7) is 4.08. The quantitative estimate of drug-likeness (QED) is 0.629. The molecule has 0 fully saturated rings. The number of ether oxygens (including phenoxy) is 3. The Hall–Kier alpha value is -3.48. The monoisotopic (exact) mass is 395 g/mol. The van der Waals surface area contributed by atoms with Crippen molar-refractivity contribution in [2.45, 2.75) is 26.6 Å². The molecular formula is C22H25N3O4. The highest BCUT2D eigenvalue weighted by Gasteiger charge is 2.18. The van der Waals surface area contributed by atoms with Crippen LogP contribution in [0, 0.1) is 6.92 Å². The van der Waals surface area contributed by atoms with Gasteiger partial charge in [-0.05, 0) is 49.7 Å². The summed E-state index contributed by atoms with van der Waals surface area (Å²) in [6, 6.07) is 14.6. The van der Waals surface area contributed by atoms with Crippen molar-refractivity contribution in [2.75, 3.05) is 14.2 Å². The molecule has 7 nitrogen and oxygen atoms in total. The minimum Gasteiger partial charge on any atom is -0.497 e. The van der Waals surface area contributed by atoms with Crippen molar-refractivity contribution in [1.82, 2.24) is 15.1 Å². The van der Waals surface area contributed by atoms with Crippen LogP contribution >= 0.6 is 0 Å². The number of hydrogen-bond acceptors (Lipinski definition) is 5. The molecule has 0 saturated carbocycles. The number of nitrogens with one attached hydrogen (secondary N) is 1. The number of aryl methyl sites for hydroxylation is 1. The van der Waals surface area contributed by atoms with E-state index >= 15 is 0 Å². The van der Waals surface area contributed by atoms with E-state index in [-0.39, 0.29) is 18.7 Å². The van der Waals surface area contributed by atoms with Gasteiger partial charge in [0.1, 0.15) is 22.9 Å². The van der Waals surface area contributed by atoms with Gasteiger partial charge in [-0.3, -0.25) is 4.79 Å². The smallest absolute Gasteiger partial charge is 0.272 e. The van der Waals surface area contributed by atoms with Crippen LogP contribution < -0.4 is 19.5 Å². The molecular weight excluding hydrogens is 370 g/mol. The molecule has 2 aromatic carbocycles. The maximum atomic E-state index is 12.6. The number of nitrogens with zero attached hydrogens (tertiary/aromatic N) is 2. The van der Waals surface area contributed by atoms with E-state index in [4.69, 9.17) is 14.2 Å². The summed E-state index contributed by atoms with van der Waals surface area (Å²) < 4.78 is 18.0. The first kappa shape index (κ1) is 20.3. The van der Waals surface area contributed by atoms with E-state index in [0.717, 1.165) is 16.9 Å². The molecule has 7 heteroatoms. The largest absolute Gasteiger partial charge is 0.497 e. The number of methoxy groups -OCH3 is 2. The summed E-state index contributed by atoms with van der Waals surface area (Å²) in [4.78, 5) is 12.6. The lowest BCUT2D eigenvalue weighted by Crippen LogP contribution is -2.27. The van der Waals surface area contributed by atoms with Crippen molar-refractivity contribution < 1.29 is 19.0 Å². The Balaban J connectivity index is 1.65. The summed E-state index contributed by atoms with van der Waals surface area (Å²) in [5.74, 6) is 1.88. The van der Waals surface area contributed by atoms with Gasteiger partial charge in [0.25, 0.3) is 5.91 Å². The number of carbonyl (C=O) groups excluding carboxylic acids is 1. The summed E-state index contributed by atoms with van der Waals surface area (Å²) in [5.41, 5.74) is 2.17. The fourth-order valence-electron chi connectivity index (χ4n) is 2.93. The lowest BCUT2D eigenvalue weighted by atomic mass is 10.1. The van der Waals surface area contributed by atoms with Gasteiger partial charge in [-0.15, -0.1) is 0 Å². The lowest BCUT2D eigenvalue weighted by molar-refractivity contribution is 0.0932. The van der Waals surface area contributed by atoms with E-state index in [1.54, 1.807) is 31.2 Å². The molecule has 1 aromatic heterocycles. The summed E-state index contributed by atoms with van der Waals surface area (Å²) >= 11 is 0. The first-order chi connectivity index (χ1) is 14.0. The zero-order chi connectivity index (χ0) is 20.8. The SMILES string of the molecule is COc1ccc(OC)c(C(C)NC(=O)c2ccn(COc3ccccc3C)n2)c1. The van der Waals surface area contributed by atoms with Crippen LogP contribution in [0.3, 0.4) is 0 Å². The molecule has 0 saturated heterocycles. The van der Waals surface area contributed by atoms with Crippen LogP contribution in [0.2, 0.25) is 0 Å². The average molecular weight is 395 g/mol. The Labute approximate surface area is 170 Å². The molecule has 0 radical (unpaired) electrons. The molecule has 0 aliphatic heterocycles. The van der Waals surface area contributed by atoms with Crippen molar-refractivity contribution in [3.05, 3.63) is 71.5 Å². The number of para-hydroxylation sites is 1. The Kier molecular flexibility index (Phi) is 6.39. The predicted octanol–water partition coefficient (Wildman–Crippen LogP) is 3.74. The Morgan fingerprint density at radius 1 is 1.10 bits per heavy atom. The van der Waals surface area contributed by atoms with Gasteiger partial charge in [-0.25, -0.2) is 4.68 Å². The van der Waals surface area contributed by atoms with Crippen LogP contribution in [0.4, 0.5) is 0 Å². The highest BCUT2D eigenvalue weighted by atomic mass is 16.5. The third-order valence-corrected chi connectivity index (χ3v) is 4.57. The van der Waals surface area contributed by atoms with Crippen molar-refractivity contribution in [3.63, 3.8) is 0 Å². The van der Waals surface area contributed by atoms with Crippen LogP contribution in [0.5, 0.6) is 17.2 Å². The summed E-state index contributed by atoms with van der Waals surface area (Å²) in [6.07, 6.45) is 1.71. The number of carbonyl (C=O) groups is 1. The van der Waals surface area contributed by atoms with Gasteiger partial charge in [0.2, 0.25) is 0 Å². The zero-order valence-corrected chi connectivity index (χ0v) is 17.0. The Bertz CT molecular complexity index is 984. The van der Waals surface area contributed by atoms with Gasteiger partial charge >= 0.3 is 0 Å². The summed E-state index contributed by atoms with van der Waals surface area (Å²) in [7, 11) is 3.19. The van der Waals surface area contributed by atoms with Crippen LogP contribution in [0.15, 0.2) is 54.7 Å². The highest BCUT2D eigenvalue weighted by molar-refractivity contribution is 5.92. The first-order valence-electron chi connectivity index (χ1n) is 9.26. The second kappa shape index (κ2) is 9.14. The topological polar surface area (TPSA) is 74.6 Å². The van der Waals surface area contributed by atoms with Crippen molar-refractivity contribution in [3.8, 4) is 17.2 Å². The normalized spacial score (nSPS) is 11.6. The molecule has 0 spiro atoms. The fourth-order valence-corrected chi connectivity index (χ4v) is 2.93. The molecule has 0 aliphatic carbocycles.